The molecule has 0 bridgehead atoms. The first-order chi connectivity index (χ1) is 8.66. The molecule has 1 saturated carbocycles. The SMILES string of the molecule is CC(C)C(O)Cc1nc(C2CCCCCC2)no1. The quantitative estimate of drug-likeness (QED) is 0.837. The monoisotopic (exact) mass is 252 g/mol. The zero-order valence-corrected chi connectivity index (χ0v) is 11.4. The van der Waals surface area contributed by atoms with Crippen LogP contribution in [0.3, 0.4) is 0 Å². The number of hydrogen-bond donors (Lipinski definition) is 1. The maximum absolute atomic E-state index is 9.82. The summed E-state index contributed by atoms with van der Waals surface area (Å²) in [7, 11) is 0. The second-order valence-electron chi connectivity index (χ2n) is 5.75. The maximum atomic E-state index is 9.82. The van der Waals surface area contributed by atoms with Gasteiger partial charge in [0.25, 0.3) is 0 Å². The molecule has 0 aliphatic heterocycles. The standard InChI is InChI=1S/C14H24N2O2/c1-10(2)12(17)9-13-15-14(16-18-13)11-7-5-3-4-6-8-11/h10-12,17H,3-9H2,1-2H3. The summed E-state index contributed by atoms with van der Waals surface area (Å²) in [5, 5.41) is 13.9. The van der Waals surface area contributed by atoms with Crippen molar-refractivity contribution in [3.63, 3.8) is 0 Å². The van der Waals surface area contributed by atoms with Gasteiger partial charge in [-0.2, -0.15) is 4.98 Å². The van der Waals surface area contributed by atoms with Crippen LogP contribution in [0.4, 0.5) is 0 Å². The van der Waals surface area contributed by atoms with Gasteiger partial charge in [0, 0.05) is 5.92 Å². The van der Waals surface area contributed by atoms with Gasteiger partial charge in [0.15, 0.2) is 5.82 Å². The molecule has 4 nitrogen and oxygen atoms in total. The van der Waals surface area contributed by atoms with Gasteiger partial charge >= 0.3 is 0 Å². The first-order valence-electron chi connectivity index (χ1n) is 7.17. The minimum absolute atomic E-state index is 0.221. The van der Waals surface area contributed by atoms with E-state index in [0.29, 0.717) is 18.2 Å². The van der Waals surface area contributed by atoms with E-state index < -0.39 is 6.10 Å². The second kappa shape index (κ2) is 6.32. The van der Waals surface area contributed by atoms with Crippen molar-refractivity contribution in [2.75, 3.05) is 0 Å². The molecule has 0 saturated heterocycles. The van der Waals surface area contributed by atoms with Crippen LogP contribution in [-0.4, -0.2) is 21.4 Å². The third-order valence-corrected chi connectivity index (χ3v) is 3.86. The van der Waals surface area contributed by atoms with E-state index in [1.807, 2.05) is 13.8 Å². The summed E-state index contributed by atoms with van der Waals surface area (Å²) in [4.78, 5) is 4.46. The van der Waals surface area contributed by atoms with Crippen molar-refractivity contribution >= 4 is 0 Å². The molecule has 1 fully saturated rings. The Balaban J connectivity index is 1.96. The number of aromatic nitrogens is 2. The van der Waals surface area contributed by atoms with Crippen LogP contribution in [0.1, 0.15) is 70.0 Å². The molecule has 1 aromatic heterocycles. The molecule has 1 heterocycles. The van der Waals surface area contributed by atoms with Gasteiger partial charge in [0.2, 0.25) is 5.89 Å². The third kappa shape index (κ3) is 3.55. The minimum Gasteiger partial charge on any atom is -0.392 e. The minimum atomic E-state index is -0.396. The van der Waals surface area contributed by atoms with E-state index in [-0.39, 0.29) is 5.92 Å². The number of nitrogens with zero attached hydrogens (tertiary/aromatic N) is 2. The molecule has 2 rings (SSSR count). The van der Waals surface area contributed by atoms with Crippen molar-refractivity contribution in [2.24, 2.45) is 5.92 Å². The molecule has 1 aromatic rings. The highest BCUT2D eigenvalue weighted by molar-refractivity contribution is 4.97. The fraction of sp³-hybridized carbons (Fsp3) is 0.857. The molecule has 0 amide bonds. The lowest BCUT2D eigenvalue weighted by atomic mass is 10.00. The lowest BCUT2D eigenvalue weighted by Crippen LogP contribution is -2.17. The first-order valence-corrected chi connectivity index (χ1v) is 7.17. The van der Waals surface area contributed by atoms with Gasteiger partial charge in [0.1, 0.15) is 0 Å². The first kappa shape index (κ1) is 13.5. The molecule has 1 atom stereocenters. The van der Waals surface area contributed by atoms with Crippen molar-refractivity contribution in [2.45, 2.75) is 70.8 Å². The highest BCUT2D eigenvalue weighted by Gasteiger charge is 2.21. The summed E-state index contributed by atoms with van der Waals surface area (Å²) in [5.74, 6) is 2.11. The van der Waals surface area contributed by atoms with Crippen molar-refractivity contribution in [1.29, 1.82) is 0 Å². The van der Waals surface area contributed by atoms with Gasteiger partial charge in [-0.05, 0) is 18.8 Å². The van der Waals surface area contributed by atoms with Crippen LogP contribution in [-0.2, 0) is 6.42 Å². The van der Waals surface area contributed by atoms with Crippen molar-refractivity contribution in [1.82, 2.24) is 10.1 Å². The average Bonchev–Trinajstić information content (AvgIpc) is 2.63. The normalized spacial score (nSPS) is 20.0. The summed E-state index contributed by atoms with van der Waals surface area (Å²) in [6.45, 7) is 3.99. The van der Waals surface area contributed by atoms with Crippen molar-refractivity contribution in [3.05, 3.63) is 11.7 Å². The summed E-state index contributed by atoms with van der Waals surface area (Å²) in [6.07, 6.45) is 7.61. The maximum Gasteiger partial charge on any atom is 0.229 e. The zero-order valence-electron chi connectivity index (χ0n) is 11.4. The molecule has 0 radical (unpaired) electrons. The molecule has 4 heteroatoms. The van der Waals surface area contributed by atoms with Crippen molar-refractivity contribution in [3.8, 4) is 0 Å². The Hall–Kier alpha value is -0.900. The predicted molar refractivity (Wildman–Crippen MR) is 69.3 cm³/mol. The number of aliphatic hydroxyl groups is 1. The molecular weight excluding hydrogens is 228 g/mol. The Morgan fingerprint density at radius 2 is 1.89 bits per heavy atom. The van der Waals surface area contributed by atoms with Crippen LogP contribution in [0, 0.1) is 5.92 Å². The molecule has 1 aliphatic carbocycles. The van der Waals surface area contributed by atoms with E-state index in [0.717, 1.165) is 5.82 Å². The Morgan fingerprint density at radius 1 is 1.22 bits per heavy atom. The van der Waals surface area contributed by atoms with E-state index in [4.69, 9.17) is 4.52 Å². The van der Waals surface area contributed by atoms with Crippen LogP contribution in [0.15, 0.2) is 4.52 Å². The predicted octanol–water partition coefficient (Wildman–Crippen LogP) is 3.07. The van der Waals surface area contributed by atoms with Crippen LogP contribution in [0.2, 0.25) is 0 Å². The van der Waals surface area contributed by atoms with E-state index in [2.05, 4.69) is 10.1 Å². The number of rotatable bonds is 4. The third-order valence-electron chi connectivity index (χ3n) is 3.86. The van der Waals surface area contributed by atoms with E-state index in [9.17, 15) is 5.11 Å². The zero-order chi connectivity index (χ0) is 13.0. The second-order valence-corrected chi connectivity index (χ2v) is 5.75. The van der Waals surface area contributed by atoms with Gasteiger partial charge in [-0.3, -0.25) is 0 Å². The fourth-order valence-electron chi connectivity index (χ4n) is 2.47. The van der Waals surface area contributed by atoms with Crippen LogP contribution in [0.5, 0.6) is 0 Å². The summed E-state index contributed by atoms with van der Waals surface area (Å²) >= 11 is 0. The lowest BCUT2D eigenvalue weighted by molar-refractivity contribution is 0.116. The fourth-order valence-corrected chi connectivity index (χ4v) is 2.47. The number of aliphatic hydroxyl groups excluding tert-OH is 1. The average molecular weight is 252 g/mol. The van der Waals surface area contributed by atoms with Crippen LogP contribution >= 0.6 is 0 Å². The van der Waals surface area contributed by atoms with Gasteiger partial charge in [-0.25, -0.2) is 0 Å². The molecule has 102 valence electrons. The van der Waals surface area contributed by atoms with Gasteiger partial charge in [-0.1, -0.05) is 44.7 Å². The molecule has 1 N–H and O–H groups in total. The van der Waals surface area contributed by atoms with Gasteiger partial charge < -0.3 is 9.63 Å². The lowest BCUT2D eigenvalue weighted by Gasteiger charge is -2.11. The molecule has 0 aromatic carbocycles. The summed E-state index contributed by atoms with van der Waals surface area (Å²) in [5.41, 5.74) is 0. The smallest absolute Gasteiger partial charge is 0.229 e. The largest absolute Gasteiger partial charge is 0.392 e. The molecular formula is C14H24N2O2. The van der Waals surface area contributed by atoms with Crippen molar-refractivity contribution < 1.29 is 9.63 Å². The Morgan fingerprint density at radius 3 is 2.50 bits per heavy atom. The van der Waals surface area contributed by atoms with E-state index >= 15 is 0 Å². The van der Waals surface area contributed by atoms with Gasteiger partial charge in [-0.15, -0.1) is 0 Å². The Kier molecular flexibility index (Phi) is 4.75. The van der Waals surface area contributed by atoms with Crippen LogP contribution in [0.25, 0.3) is 0 Å². The Labute approximate surface area is 109 Å². The topological polar surface area (TPSA) is 59.2 Å². The Bertz CT molecular complexity index is 354. The molecule has 0 spiro atoms. The van der Waals surface area contributed by atoms with E-state index in [1.165, 1.54) is 38.5 Å². The molecule has 1 aliphatic rings. The van der Waals surface area contributed by atoms with Crippen LogP contribution < -0.4 is 0 Å². The summed E-state index contributed by atoms with van der Waals surface area (Å²) < 4.78 is 5.26. The van der Waals surface area contributed by atoms with E-state index in [1.54, 1.807) is 0 Å². The highest BCUT2D eigenvalue weighted by Crippen LogP contribution is 2.29. The molecule has 18 heavy (non-hydrogen) atoms. The summed E-state index contributed by atoms with van der Waals surface area (Å²) in [6, 6.07) is 0. The van der Waals surface area contributed by atoms with Gasteiger partial charge in [0.05, 0.1) is 12.5 Å². The highest BCUT2D eigenvalue weighted by atomic mass is 16.5. The molecule has 1 unspecified atom stereocenters. The number of hydrogen-bond acceptors (Lipinski definition) is 4.